The molecule has 3 N–H and O–H groups in total. The average Bonchev–Trinajstić information content (AvgIpc) is 2.41. The fraction of sp³-hybridized carbons (Fsp3) is 0.933. The van der Waals surface area contributed by atoms with E-state index in [0.29, 0.717) is 12.5 Å². The topological polar surface area (TPSA) is 58.4 Å². The van der Waals surface area contributed by atoms with Crippen molar-refractivity contribution in [2.75, 3.05) is 26.2 Å². The van der Waals surface area contributed by atoms with Crippen LogP contribution in [0.25, 0.3) is 0 Å². The predicted molar refractivity (Wildman–Crippen MR) is 94.5 cm³/mol. The molecule has 0 bridgehead atoms. The van der Waals surface area contributed by atoms with E-state index in [1.807, 2.05) is 0 Å². The van der Waals surface area contributed by atoms with Crippen LogP contribution in [-0.4, -0.2) is 43.0 Å². The number of carbonyl (C=O) groups excluding carboxylic acids is 1. The Bertz CT molecular complexity index is 255. The summed E-state index contributed by atoms with van der Waals surface area (Å²) in [6, 6.07) is 0.682. The minimum absolute atomic E-state index is 0. The van der Waals surface area contributed by atoms with Gasteiger partial charge < -0.3 is 11.1 Å². The monoisotopic (exact) mass is 341 g/mol. The molecule has 1 aliphatic heterocycles. The highest BCUT2D eigenvalue weighted by atomic mass is 35.5. The zero-order chi connectivity index (χ0) is 13.9. The van der Waals surface area contributed by atoms with Gasteiger partial charge in [0.1, 0.15) is 0 Å². The van der Waals surface area contributed by atoms with Crippen LogP contribution in [0.1, 0.15) is 58.3 Å². The van der Waals surface area contributed by atoms with Crippen LogP contribution in [0.5, 0.6) is 0 Å². The van der Waals surface area contributed by atoms with E-state index in [1.54, 1.807) is 0 Å². The Morgan fingerprint density at radius 1 is 1.19 bits per heavy atom. The van der Waals surface area contributed by atoms with Gasteiger partial charge in [0.05, 0.1) is 0 Å². The molecule has 21 heavy (non-hydrogen) atoms. The lowest BCUT2D eigenvalue weighted by atomic mass is 10.0. The van der Waals surface area contributed by atoms with Crippen molar-refractivity contribution in [1.29, 1.82) is 0 Å². The second-order valence-electron chi connectivity index (χ2n) is 5.68. The summed E-state index contributed by atoms with van der Waals surface area (Å²) in [4.78, 5) is 14.1. The summed E-state index contributed by atoms with van der Waals surface area (Å²) >= 11 is 0. The van der Waals surface area contributed by atoms with Gasteiger partial charge in [-0.1, -0.05) is 19.3 Å². The van der Waals surface area contributed by atoms with Crippen molar-refractivity contribution >= 4 is 30.7 Å². The minimum atomic E-state index is 0. The zero-order valence-electron chi connectivity index (χ0n) is 13.3. The van der Waals surface area contributed by atoms with Crippen molar-refractivity contribution in [1.82, 2.24) is 10.2 Å². The molecular formula is C15H33Cl2N3O. The highest BCUT2D eigenvalue weighted by Gasteiger charge is 2.17. The fourth-order valence-corrected chi connectivity index (χ4v) is 2.70. The molecule has 1 heterocycles. The third-order valence-electron chi connectivity index (χ3n) is 4.02. The number of nitrogens with two attached hydrogens (primary N) is 1. The van der Waals surface area contributed by atoms with Crippen LogP contribution in [-0.2, 0) is 4.79 Å². The maximum Gasteiger partial charge on any atom is 0.220 e. The van der Waals surface area contributed by atoms with E-state index in [0.717, 1.165) is 45.3 Å². The summed E-state index contributed by atoms with van der Waals surface area (Å²) in [5.74, 6) is 0.206. The number of unbranched alkanes of at least 4 members (excludes halogenated alkanes) is 3. The van der Waals surface area contributed by atoms with Gasteiger partial charge in [-0.25, -0.2) is 0 Å². The van der Waals surface area contributed by atoms with Crippen LogP contribution in [0, 0.1) is 0 Å². The molecule has 1 saturated heterocycles. The Balaban J connectivity index is 0. The molecule has 0 saturated carbocycles. The van der Waals surface area contributed by atoms with Crippen LogP contribution < -0.4 is 11.1 Å². The van der Waals surface area contributed by atoms with Gasteiger partial charge >= 0.3 is 0 Å². The Labute approximate surface area is 142 Å². The summed E-state index contributed by atoms with van der Waals surface area (Å²) < 4.78 is 0. The molecule has 1 amide bonds. The van der Waals surface area contributed by atoms with Gasteiger partial charge in [-0.2, -0.15) is 0 Å². The Morgan fingerprint density at radius 3 is 2.57 bits per heavy atom. The van der Waals surface area contributed by atoms with E-state index in [9.17, 15) is 4.79 Å². The van der Waals surface area contributed by atoms with E-state index in [2.05, 4.69) is 17.1 Å². The summed E-state index contributed by atoms with van der Waals surface area (Å²) in [5.41, 5.74) is 5.43. The van der Waals surface area contributed by atoms with Crippen LogP contribution in [0.3, 0.4) is 0 Å². The molecule has 6 heteroatoms. The van der Waals surface area contributed by atoms with Gasteiger partial charge in [0.2, 0.25) is 5.91 Å². The highest BCUT2D eigenvalue weighted by molar-refractivity contribution is 5.85. The molecule has 4 nitrogen and oxygen atoms in total. The van der Waals surface area contributed by atoms with Gasteiger partial charge in [-0.05, 0) is 45.7 Å². The normalized spacial score (nSPS) is 18.5. The number of carbonyl (C=O) groups is 1. The molecule has 0 aromatic heterocycles. The molecule has 128 valence electrons. The molecule has 0 spiro atoms. The van der Waals surface area contributed by atoms with Crippen LogP contribution in [0.4, 0.5) is 0 Å². The summed E-state index contributed by atoms with van der Waals surface area (Å²) in [6.45, 7) is 6.04. The van der Waals surface area contributed by atoms with Crippen LogP contribution >= 0.6 is 24.8 Å². The largest absolute Gasteiger partial charge is 0.355 e. The van der Waals surface area contributed by atoms with Gasteiger partial charge in [-0.3, -0.25) is 9.69 Å². The molecule has 0 radical (unpaired) electrons. The molecule has 0 aliphatic carbocycles. The predicted octanol–water partition coefficient (Wildman–Crippen LogP) is 2.73. The fourth-order valence-electron chi connectivity index (χ4n) is 2.70. The maximum atomic E-state index is 11.6. The molecule has 0 aromatic rings. The number of likely N-dealkylation sites (tertiary alicyclic amines) is 1. The van der Waals surface area contributed by atoms with E-state index in [-0.39, 0.29) is 30.7 Å². The van der Waals surface area contributed by atoms with Gasteiger partial charge in [-0.15, -0.1) is 24.8 Å². The Hall–Kier alpha value is -0.0300. The maximum absolute atomic E-state index is 11.6. The number of hydrogen-bond donors (Lipinski definition) is 2. The summed E-state index contributed by atoms with van der Waals surface area (Å²) in [7, 11) is 0. The lowest BCUT2D eigenvalue weighted by Crippen LogP contribution is -2.42. The van der Waals surface area contributed by atoms with Crippen molar-refractivity contribution < 1.29 is 4.79 Å². The number of amides is 1. The third-order valence-corrected chi connectivity index (χ3v) is 4.02. The van der Waals surface area contributed by atoms with Crippen molar-refractivity contribution in [3.63, 3.8) is 0 Å². The highest BCUT2D eigenvalue weighted by Crippen LogP contribution is 2.15. The molecule has 1 rings (SSSR count). The molecule has 1 fully saturated rings. The first-order chi connectivity index (χ1) is 9.24. The van der Waals surface area contributed by atoms with E-state index >= 15 is 0 Å². The molecule has 1 aliphatic rings. The van der Waals surface area contributed by atoms with Crippen molar-refractivity contribution in [3.8, 4) is 0 Å². The first-order valence-corrected chi connectivity index (χ1v) is 7.95. The van der Waals surface area contributed by atoms with E-state index in [4.69, 9.17) is 5.73 Å². The SMILES string of the molecule is CC1CCCCN1CCNC(=O)CCCCCCN.Cl.Cl. The second-order valence-corrected chi connectivity index (χ2v) is 5.68. The average molecular weight is 342 g/mol. The minimum Gasteiger partial charge on any atom is -0.355 e. The van der Waals surface area contributed by atoms with Crippen LogP contribution in [0.15, 0.2) is 0 Å². The molecule has 0 aromatic carbocycles. The van der Waals surface area contributed by atoms with Gasteiger partial charge in [0.25, 0.3) is 0 Å². The van der Waals surface area contributed by atoms with Crippen LogP contribution in [0.2, 0.25) is 0 Å². The Kier molecular flexibility index (Phi) is 16.5. The number of nitrogens with zero attached hydrogens (tertiary/aromatic N) is 1. The van der Waals surface area contributed by atoms with Crippen molar-refractivity contribution in [2.45, 2.75) is 64.3 Å². The first-order valence-electron chi connectivity index (χ1n) is 7.95. The number of nitrogens with one attached hydrogen (secondary N) is 1. The number of hydrogen-bond acceptors (Lipinski definition) is 3. The zero-order valence-corrected chi connectivity index (χ0v) is 14.9. The van der Waals surface area contributed by atoms with Crippen molar-refractivity contribution in [2.24, 2.45) is 5.73 Å². The summed E-state index contributed by atoms with van der Waals surface area (Å²) in [5, 5.41) is 3.04. The number of halogens is 2. The molecule has 1 unspecified atom stereocenters. The quantitative estimate of drug-likeness (QED) is 0.634. The lowest BCUT2D eigenvalue weighted by Gasteiger charge is -2.33. The van der Waals surface area contributed by atoms with E-state index in [1.165, 1.54) is 25.8 Å². The van der Waals surface area contributed by atoms with Gasteiger partial charge in [0.15, 0.2) is 0 Å². The third kappa shape index (κ3) is 11.2. The lowest BCUT2D eigenvalue weighted by molar-refractivity contribution is -0.121. The molecular weight excluding hydrogens is 309 g/mol. The number of piperidine rings is 1. The van der Waals surface area contributed by atoms with Gasteiger partial charge in [0, 0.05) is 25.6 Å². The standard InChI is InChI=1S/C15H31N3O.2ClH/c1-14-8-5-7-12-18(14)13-11-17-15(19)9-4-2-3-6-10-16;;/h14H,2-13,16H2,1H3,(H,17,19);2*1H. The van der Waals surface area contributed by atoms with E-state index < -0.39 is 0 Å². The molecule has 1 atom stereocenters. The smallest absolute Gasteiger partial charge is 0.220 e. The Morgan fingerprint density at radius 2 is 1.90 bits per heavy atom. The first kappa shape index (κ1) is 23.2. The second kappa shape index (κ2) is 14.9. The van der Waals surface area contributed by atoms with Crippen molar-refractivity contribution in [3.05, 3.63) is 0 Å². The number of rotatable bonds is 9. The summed E-state index contributed by atoms with van der Waals surface area (Å²) in [6.07, 6.45) is 8.96.